The van der Waals surface area contributed by atoms with Crippen molar-refractivity contribution in [3.8, 4) is 0 Å². The predicted molar refractivity (Wildman–Crippen MR) is 151 cm³/mol. The van der Waals surface area contributed by atoms with E-state index in [9.17, 15) is 9.59 Å². The molecule has 0 fully saturated rings. The van der Waals surface area contributed by atoms with E-state index in [2.05, 4.69) is 38.2 Å². The van der Waals surface area contributed by atoms with Gasteiger partial charge in [-0.1, -0.05) is 98.2 Å². The van der Waals surface area contributed by atoms with Crippen LogP contribution in [0.3, 0.4) is 0 Å². The van der Waals surface area contributed by atoms with Crippen LogP contribution in [0.5, 0.6) is 0 Å². The summed E-state index contributed by atoms with van der Waals surface area (Å²) in [5.74, 6) is 1.11. The van der Waals surface area contributed by atoms with E-state index in [1.807, 2.05) is 66.7 Å². The molecule has 0 saturated carbocycles. The Morgan fingerprint density at radius 2 is 1.56 bits per heavy atom. The minimum atomic E-state index is -0.644. The molecule has 0 unspecified atom stereocenters. The van der Waals surface area contributed by atoms with Crippen molar-refractivity contribution in [2.75, 3.05) is 12.3 Å². The minimum absolute atomic E-state index is 0.0749. The third-order valence-electron chi connectivity index (χ3n) is 6.00. The molecular formula is C30H35ClN2O2S. The largest absolute Gasteiger partial charge is 0.354 e. The maximum absolute atomic E-state index is 13.7. The van der Waals surface area contributed by atoms with Gasteiger partial charge in [-0.05, 0) is 41.2 Å². The molecule has 3 rings (SSSR count). The summed E-state index contributed by atoms with van der Waals surface area (Å²) in [5.41, 5.74) is 4.25. The molecule has 1 N–H and O–H groups in total. The highest BCUT2D eigenvalue weighted by Gasteiger charge is 2.30. The van der Waals surface area contributed by atoms with Crippen molar-refractivity contribution in [1.29, 1.82) is 0 Å². The second-order valence-corrected chi connectivity index (χ2v) is 10.8. The third kappa shape index (κ3) is 8.42. The van der Waals surface area contributed by atoms with Crippen molar-refractivity contribution >= 4 is 35.2 Å². The van der Waals surface area contributed by atoms with Gasteiger partial charge in [0.1, 0.15) is 6.04 Å². The van der Waals surface area contributed by atoms with E-state index in [-0.39, 0.29) is 24.1 Å². The van der Waals surface area contributed by atoms with E-state index in [1.54, 1.807) is 16.7 Å². The number of nitrogens with zero attached hydrogens (tertiary/aromatic N) is 1. The number of halogens is 1. The van der Waals surface area contributed by atoms with E-state index in [0.717, 1.165) is 16.9 Å². The molecule has 36 heavy (non-hydrogen) atoms. The quantitative estimate of drug-likeness (QED) is 0.304. The maximum Gasteiger partial charge on any atom is 0.243 e. The van der Waals surface area contributed by atoms with Crippen molar-refractivity contribution in [3.05, 3.63) is 106 Å². The summed E-state index contributed by atoms with van der Waals surface area (Å²) < 4.78 is 0. The summed E-state index contributed by atoms with van der Waals surface area (Å²) in [6.45, 7) is 7.02. The topological polar surface area (TPSA) is 49.4 Å². The fourth-order valence-electron chi connectivity index (χ4n) is 3.89. The van der Waals surface area contributed by atoms with Gasteiger partial charge in [-0.25, -0.2) is 0 Å². The van der Waals surface area contributed by atoms with Gasteiger partial charge >= 0.3 is 0 Å². The first-order valence-corrected chi connectivity index (χ1v) is 13.8. The van der Waals surface area contributed by atoms with Gasteiger partial charge in [0.25, 0.3) is 0 Å². The van der Waals surface area contributed by atoms with Crippen molar-refractivity contribution in [1.82, 2.24) is 10.2 Å². The molecule has 190 valence electrons. The van der Waals surface area contributed by atoms with Crippen LogP contribution in [-0.2, 0) is 28.3 Å². The van der Waals surface area contributed by atoms with Crippen LogP contribution in [0, 0.1) is 12.8 Å². The molecule has 0 aliphatic rings. The summed E-state index contributed by atoms with van der Waals surface area (Å²) in [5, 5.41) is 3.64. The monoisotopic (exact) mass is 522 g/mol. The van der Waals surface area contributed by atoms with Gasteiger partial charge in [0.2, 0.25) is 11.8 Å². The zero-order chi connectivity index (χ0) is 25.9. The lowest BCUT2D eigenvalue weighted by Gasteiger charge is -2.32. The number of nitrogens with one attached hydrogen (secondary N) is 1. The minimum Gasteiger partial charge on any atom is -0.354 e. The van der Waals surface area contributed by atoms with Gasteiger partial charge in [0.05, 0.1) is 5.75 Å². The highest BCUT2D eigenvalue weighted by atomic mass is 35.5. The molecule has 0 aromatic heterocycles. The molecule has 0 aliphatic carbocycles. The summed E-state index contributed by atoms with van der Waals surface area (Å²) in [6, 6.07) is 24.9. The van der Waals surface area contributed by atoms with E-state index in [1.165, 1.54) is 11.1 Å². The normalized spacial score (nSPS) is 11.8. The maximum atomic E-state index is 13.7. The number of carbonyl (C=O) groups excluding carboxylic acids is 2. The molecular weight excluding hydrogens is 488 g/mol. The van der Waals surface area contributed by atoms with Crippen LogP contribution >= 0.6 is 23.4 Å². The Labute approximate surface area is 224 Å². The highest BCUT2D eigenvalue weighted by molar-refractivity contribution is 7.99. The van der Waals surface area contributed by atoms with Crippen molar-refractivity contribution < 1.29 is 9.59 Å². The number of hydrogen-bond donors (Lipinski definition) is 1. The van der Waals surface area contributed by atoms with Gasteiger partial charge < -0.3 is 10.2 Å². The van der Waals surface area contributed by atoms with Crippen LogP contribution in [0.4, 0.5) is 0 Å². The van der Waals surface area contributed by atoms with Gasteiger partial charge in [-0.3, -0.25) is 9.59 Å². The molecule has 0 bridgehead atoms. The average Bonchev–Trinajstić information content (AvgIpc) is 2.87. The Morgan fingerprint density at radius 1 is 0.917 bits per heavy atom. The third-order valence-corrected chi connectivity index (χ3v) is 7.33. The Hall–Kier alpha value is -2.76. The second-order valence-electron chi connectivity index (χ2n) is 9.38. The first kappa shape index (κ1) is 27.8. The number of aryl methyl sites for hydroxylation is 1. The van der Waals surface area contributed by atoms with Gasteiger partial charge in [0.15, 0.2) is 0 Å². The predicted octanol–water partition coefficient (Wildman–Crippen LogP) is 6.29. The van der Waals surface area contributed by atoms with Gasteiger partial charge in [-0.2, -0.15) is 0 Å². The van der Waals surface area contributed by atoms with Crippen LogP contribution in [0.25, 0.3) is 0 Å². The first-order valence-electron chi connectivity index (χ1n) is 12.3. The fourth-order valence-corrected chi connectivity index (χ4v) is 5.07. The summed E-state index contributed by atoms with van der Waals surface area (Å²) in [7, 11) is 0. The van der Waals surface area contributed by atoms with E-state index >= 15 is 0 Å². The molecule has 1 atom stereocenters. The molecule has 3 aromatic rings. The SMILES string of the molecule is Cc1ccccc1CSCC(=O)N(Cc1ccccc1Cl)[C@@H](Cc1ccccc1)C(=O)NCC(C)C. The summed E-state index contributed by atoms with van der Waals surface area (Å²) in [6.07, 6.45) is 0.434. The fraction of sp³-hybridized carbons (Fsp3) is 0.333. The van der Waals surface area contributed by atoms with E-state index < -0.39 is 6.04 Å². The molecule has 4 nitrogen and oxygen atoms in total. The number of carbonyl (C=O) groups is 2. The lowest BCUT2D eigenvalue weighted by Crippen LogP contribution is -2.51. The standard InChI is InChI=1S/C30H35ClN2O2S/c1-22(2)18-32-30(35)28(17-24-12-5-4-6-13-24)33(19-25-14-9-10-16-27(25)31)29(34)21-36-20-26-15-8-7-11-23(26)3/h4-16,22,28H,17-21H2,1-3H3,(H,32,35)/t28-/m0/s1. The Balaban J connectivity index is 1.86. The van der Waals surface area contributed by atoms with Crippen LogP contribution < -0.4 is 5.32 Å². The van der Waals surface area contributed by atoms with Crippen LogP contribution in [0.2, 0.25) is 5.02 Å². The first-order chi connectivity index (χ1) is 17.3. The zero-order valence-electron chi connectivity index (χ0n) is 21.2. The smallest absolute Gasteiger partial charge is 0.243 e. The lowest BCUT2D eigenvalue weighted by molar-refractivity contribution is -0.139. The van der Waals surface area contributed by atoms with Crippen molar-refractivity contribution in [2.24, 2.45) is 5.92 Å². The Kier molecular flexibility index (Phi) is 10.9. The van der Waals surface area contributed by atoms with Gasteiger partial charge in [-0.15, -0.1) is 11.8 Å². The second kappa shape index (κ2) is 14.1. The highest BCUT2D eigenvalue weighted by Crippen LogP contribution is 2.22. The number of thioether (sulfide) groups is 1. The van der Waals surface area contributed by atoms with Crippen molar-refractivity contribution in [3.63, 3.8) is 0 Å². The molecule has 0 saturated heterocycles. The van der Waals surface area contributed by atoms with Crippen molar-refractivity contribution in [2.45, 2.75) is 45.5 Å². The molecule has 2 amide bonds. The van der Waals surface area contributed by atoms with Crippen LogP contribution in [0.15, 0.2) is 78.9 Å². The van der Waals surface area contributed by atoms with Crippen LogP contribution in [0.1, 0.15) is 36.1 Å². The van der Waals surface area contributed by atoms with Crippen LogP contribution in [-0.4, -0.2) is 35.1 Å². The molecule has 0 aliphatic heterocycles. The zero-order valence-corrected chi connectivity index (χ0v) is 22.8. The summed E-state index contributed by atoms with van der Waals surface area (Å²) >= 11 is 8.05. The summed E-state index contributed by atoms with van der Waals surface area (Å²) in [4.78, 5) is 28.9. The van der Waals surface area contributed by atoms with E-state index in [0.29, 0.717) is 23.9 Å². The lowest BCUT2D eigenvalue weighted by atomic mass is 10.0. The Bertz CT molecular complexity index is 1140. The molecule has 3 aromatic carbocycles. The number of benzene rings is 3. The number of rotatable bonds is 12. The molecule has 0 heterocycles. The van der Waals surface area contributed by atoms with E-state index in [4.69, 9.17) is 11.6 Å². The molecule has 0 radical (unpaired) electrons. The average molecular weight is 523 g/mol. The number of hydrogen-bond acceptors (Lipinski definition) is 3. The molecule has 0 spiro atoms. The van der Waals surface area contributed by atoms with Gasteiger partial charge in [0, 0.05) is 30.3 Å². The Morgan fingerprint density at radius 3 is 2.22 bits per heavy atom. The molecule has 6 heteroatoms. The number of amides is 2.